The fraction of sp³-hybridized carbons (Fsp3) is 0.222. The number of nitrogens with one attached hydrogen (secondary N) is 1. The van der Waals surface area contributed by atoms with Gasteiger partial charge in [-0.3, -0.25) is 4.72 Å². The molecule has 2 rings (SSSR count). The van der Waals surface area contributed by atoms with E-state index in [1.54, 1.807) is 26.0 Å². The standard InChI is InChI=1S/C18H19NO6S/c1-3-24-17(20)13-9-11-14(12-10-13)26(22,23)19-16-8-6-5-7-15(16)18(21)25-4-2/h5-12,19H,3-4H2,1-2H3. The summed E-state index contributed by atoms with van der Waals surface area (Å²) in [5, 5.41) is 0. The molecule has 0 amide bonds. The van der Waals surface area contributed by atoms with Crippen LogP contribution in [-0.4, -0.2) is 33.6 Å². The smallest absolute Gasteiger partial charge is 0.340 e. The molecule has 0 radical (unpaired) electrons. The number of carbonyl (C=O) groups excluding carboxylic acids is 2. The summed E-state index contributed by atoms with van der Waals surface area (Å²) in [7, 11) is -3.95. The van der Waals surface area contributed by atoms with Crippen molar-refractivity contribution in [3.05, 3.63) is 59.7 Å². The molecule has 0 unspecified atom stereocenters. The fourth-order valence-corrected chi connectivity index (χ4v) is 3.23. The molecule has 1 N–H and O–H groups in total. The van der Waals surface area contributed by atoms with Gasteiger partial charge in [-0.05, 0) is 50.2 Å². The molecule has 2 aromatic rings. The van der Waals surface area contributed by atoms with E-state index in [2.05, 4.69) is 4.72 Å². The second-order valence-corrected chi connectivity index (χ2v) is 6.80. The zero-order valence-electron chi connectivity index (χ0n) is 14.4. The van der Waals surface area contributed by atoms with E-state index in [9.17, 15) is 18.0 Å². The summed E-state index contributed by atoms with van der Waals surface area (Å²) in [5.74, 6) is -1.15. The Hall–Kier alpha value is -2.87. The Bertz CT molecular complexity index is 890. The Labute approximate surface area is 152 Å². The minimum atomic E-state index is -3.95. The molecule has 138 valence electrons. The average molecular weight is 377 g/mol. The molecule has 0 saturated heterocycles. The van der Waals surface area contributed by atoms with Crippen LogP contribution in [0.15, 0.2) is 53.4 Å². The van der Waals surface area contributed by atoms with Crippen LogP contribution < -0.4 is 4.72 Å². The lowest BCUT2D eigenvalue weighted by Crippen LogP contribution is -2.16. The molecule has 0 fully saturated rings. The van der Waals surface area contributed by atoms with Gasteiger partial charge in [0.2, 0.25) is 0 Å². The van der Waals surface area contributed by atoms with Crippen LogP contribution in [0.4, 0.5) is 5.69 Å². The molecule has 0 atom stereocenters. The third-order valence-electron chi connectivity index (χ3n) is 3.34. The van der Waals surface area contributed by atoms with E-state index < -0.39 is 22.0 Å². The monoisotopic (exact) mass is 377 g/mol. The predicted molar refractivity (Wildman–Crippen MR) is 95.6 cm³/mol. The lowest BCUT2D eigenvalue weighted by atomic mass is 10.2. The number of benzene rings is 2. The number of ether oxygens (including phenoxy) is 2. The Balaban J connectivity index is 2.27. The van der Waals surface area contributed by atoms with Crippen LogP contribution in [0.5, 0.6) is 0 Å². The second kappa shape index (κ2) is 8.48. The van der Waals surface area contributed by atoms with Crippen molar-refractivity contribution < 1.29 is 27.5 Å². The minimum Gasteiger partial charge on any atom is -0.462 e. The number of hydrogen-bond donors (Lipinski definition) is 1. The van der Waals surface area contributed by atoms with Crippen molar-refractivity contribution in [2.75, 3.05) is 17.9 Å². The average Bonchev–Trinajstić information content (AvgIpc) is 2.62. The van der Waals surface area contributed by atoms with Crippen molar-refractivity contribution >= 4 is 27.6 Å². The van der Waals surface area contributed by atoms with Crippen molar-refractivity contribution in [1.29, 1.82) is 0 Å². The van der Waals surface area contributed by atoms with E-state index in [4.69, 9.17) is 9.47 Å². The van der Waals surface area contributed by atoms with E-state index >= 15 is 0 Å². The lowest BCUT2D eigenvalue weighted by Gasteiger charge is -2.12. The summed E-state index contributed by atoms with van der Waals surface area (Å²) in [4.78, 5) is 23.5. The van der Waals surface area contributed by atoms with Crippen LogP contribution in [0, 0.1) is 0 Å². The summed E-state index contributed by atoms with van der Waals surface area (Å²) < 4.78 is 37.3. The van der Waals surface area contributed by atoms with Crippen LogP contribution in [0.1, 0.15) is 34.6 Å². The molecule has 0 heterocycles. The maximum Gasteiger partial charge on any atom is 0.340 e. The molecule has 0 spiro atoms. The number of sulfonamides is 1. The number of rotatable bonds is 7. The topological polar surface area (TPSA) is 98.8 Å². The zero-order valence-corrected chi connectivity index (χ0v) is 15.2. The highest BCUT2D eigenvalue weighted by atomic mass is 32.2. The maximum absolute atomic E-state index is 12.6. The van der Waals surface area contributed by atoms with E-state index in [-0.39, 0.29) is 34.9 Å². The molecule has 0 saturated carbocycles. The van der Waals surface area contributed by atoms with Crippen molar-refractivity contribution in [2.24, 2.45) is 0 Å². The van der Waals surface area contributed by atoms with Gasteiger partial charge in [0.25, 0.3) is 10.0 Å². The SMILES string of the molecule is CCOC(=O)c1ccc(S(=O)(=O)Nc2ccccc2C(=O)OCC)cc1. The number of anilines is 1. The molecule has 7 nitrogen and oxygen atoms in total. The Morgan fingerprint density at radius 3 is 2.08 bits per heavy atom. The fourth-order valence-electron chi connectivity index (χ4n) is 2.15. The molecule has 0 aliphatic carbocycles. The number of esters is 2. The first kappa shape index (κ1) is 19.5. The van der Waals surface area contributed by atoms with E-state index in [0.717, 1.165) is 0 Å². The van der Waals surface area contributed by atoms with E-state index in [1.165, 1.54) is 36.4 Å². The summed E-state index contributed by atoms with van der Waals surface area (Å²) in [6.45, 7) is 3.75. The molecule has 26 heavy (non-hydrogen) atoms. The van der Waals surface area contributed by atoms with Crippen LogP contribution >= 0.6 is 0 Å². The highest BCUT2D eigenvalue weighted by Crippen LogP contribution is 2.21. The quantitative estimate of drug-likeness (QED) is 0.745. The first-order valence-corrected chi connectivity index (χ1v) is 9.43. The van der Waals surface area contributed by atoms with Gasteiger partial charge >= 0.3 is 11.9 Å². The number of para-hydroxylation sites is 1. The normalized spacial score (nSPS) is 10.8. The van der Waals surface area contributed by atoms with Gasteiger partial charge in [-0.2, -0.15) is 0 Å². The van der Waals surface area contributed by atoms with Crippen molar-refractivity contribution in [3.8, 4) is 0 Å². The first-order valence-electron chi connectivity index (χ1n) is 7.95. The Morgan fingerprint density at radius 2 is 1.46 bits per heavy atom. The van der Waals surface area contributed by atoms with Crippen LogP contribution in [0.3, 0.4) is 0 Å². The molecule has 0 aliphatic rings. The molecule has 0 aromatic heterocycles. The Morgan fingerprint density at radius 1 is 0.885 bits per heavy atom. The molecule has 0 aliphatic heterocycles. The Kier molecular flexibility index (Phi) is 6.35. The van der Waals surface area contributed by atoms with E-state index in [0.29, 0.717) is 0 Å². The molecule has 2 aromatic carbocycles. The summed E-state index contributed by atoms with van der Waals surface area (Å²) in [6.07, 6.45) is 0. The van der Waals surface area contributed by atoms with Gasteiger partial charge in [-0.1, -0.05) is 12.1 Å². The lowest BCUT2D eigenvalue weighted by molar-refractivity contribution is 0.0517. The third kappa shape index (κ3) is 4.60. The summed E-state index contributed by atoms with van der Waals surface area (Å²) in [5.41, 5.74) is 0.471. The van der Waals surface area contributed by atoms with Gasteiger partial charge in [0.1, 0.15) is 0 Å². The largest absolute Gasteiger partial charge is 0.462 e. The third-order valence-corrected chi connectivity index (χ3v) is 4.72. The maximum atomic E-state index is 12.6. The van der Waals surface area contributed by atoms with Crippen molar-refractivity contribution in [1.82, 2.24) is 0 Å². The zero-order chi connectivity index (χ0) is 19.2. The van der Waals surface area contributed by atoms with Gasteiger partial charge < -0.3 is 9.47 Å². The van der Waals surface area contributed by atoms with Gasteiger partial charge in [0.15, 0.2) is 0 Å². The molecule has 8 heteroatoms. The number of carbonyl (C=O) groups is 2. The van der Waals surface area contributed by atoms with Crippen LogP contribution in [-0.2, 0) is 19.5 Å². The van der Waals surface area contributed by atoms with Crippen LogP contribution in [0.25, 0.3) is 0 Å². The highest BCUT2D eigenvalue weighted by molar-refractivity contribution is 7.92. The van der Waals surface area contributed by atoms with Gasteiger partial charge in [0, 0.05) is 0 Å². The second-order valence-electron chi connectivity index (χ2n) is 5.12. The number of hydrogen-bond acceptors (Lipinski definition) is 6. The van der Waals surface area contributed by atoms with Crippen LogP contribution in [0.2, 0.25) is 0 Å². The molecular formula is C18H19NO6S. The summed E-state index contributed by atoms with van der Waals surface area (Å²) >= 11 is 0. The van der Waals surface area contributed by atoms with Gasteiger partial charge in [-0.15, -0.1) is 0 Å². The van der Waals surface area contributed by atoms with Gasteiger partial charge in [-0.25, -0.2) is 18.0 Å². The van der Waals surface area contributed by atoms with Gasteiger partial charge in [0.05, 0.1) is 34.9 Å². The first-order chi connectivity index (χ1) is 12.4. The molecule has 0 bridgehead atoms. The predicted octanol–water partition coefficient (Wildman–Crippen LogP) is 2.84. The minimum absolute atomic E-state index is 0.0517. The molecular weight excluding hydrogens is 358 g/mol. The van der Waals surface area contributed by atoms with Crippen molar-refractivity contribution in [2.45, 2.75) is 18.7 Å². The van der Waals surface area contributed by atoms with E-state index in [1.807, 2.05) is 0 Å². The van der Waals surface area contributed by atoms with Crippen molar-refractivity contribution in [3.63, 3.8) is 0 Å². The summed E-state index contributed by atoms with van der Waals surface area (Å²) in [6, 6.07) is 11.5. The highest BCUT2D eigenvalue weighted by Gasteiger charge is 2.19.